The zero-order valence-electron chi connectivity index (χ0n) is 33.5. The lowest BCUT2D eigenvalue weighted by atomic mass is 9.93. The van der Waals surface area contributed by atoms with Crippen molar-refractivity contribution in [1.82, 2.24) is 19.5 Å². The molecule has 62 heavy (non-hydrogen) atoms. The van der Waals surface area contributed by atoms with Crippen molar-refractivity contribution in [3.05, 3.63) is 218 Å². The van der Waals surface area contributed by atoms with Crippen molar-refractivity contribution in [3.63, 3.8) is 0 Å². The van der Waals surface area contributed by atoms with Crippen LogP contribution in [-0.4, -0.2) is 19.5 Å². The zero-order chi connectivity index (χ0) is 41.0. The molecule has 0 unspecified atom stereocenters. The molecule has 0 spiro atoms. The molecule has 0 aliphatic heterocycles. The van der Waals surface area contributed by atoms with Gasteiger partial charge in [-0.05, 0) is 70.8 Å². The third-order valence-electron chi connectivity index (χ3n) is 11.9. The molecule has 0 radical (unpaired) electrons. The summed E-state index contributed by atoms with van der Waals surface area (Å²) >= 11 is 0. The van der Waals surface area contributed by atoms with Gasteiger partial charge >= 0.3 is 0 Å². The van der Waals surface area contributed by atoms with Gasteiger partial charge in [0.1, 0.15) is 11.2 Å². The minimum absolute atomic E-state index is 0.566. The lowest BCUT2D eigenvalue weighted by Crippen LogP contribution is -2.01. The van der Waals surface area contributed by atoms with Crippen LogP contribution in [0, 0.1) is 0 Å². The maximum Gasteiger partial charge on any atom is 0.164 e. The second-order valence-corrected chi connectivity index (χ2v) is 15.5. The first-order valence-electron chi connectivity index (χ1n) is 20.9. The van der Waals surface area contributed by atoms with E-state index in [1.54, 1.807) is 0 Å². The number of hydrogen-bond acceptors (Lipinski definition) is 4. The molecule has 0 saturated heterocycles. The van der Waals surface area contributed by atoms with Gasteiger partial charge in [-0.1, -0.05) is 170 Å². The minimum Gasteiger partial charge on any atom is -0.455 e. The summed E-state index contributed by atoms with van der Waals surface area (Å²) in [6.07, 6.45) is 0. The van der Waals surface area contributed by atoms with Gasteiger partial charge in [0.05, 0.1) is 11.0 Å². The molecule has 0 amide bonds. The van der Waals surface area contributed by atoms with E-state index in [1.807, 2.05) is 24.3 Å². The molecule has 5 nitrogen and oxygen atoms in total. The van der Waals surface area contributed by atoms with Crippen LogP contribution >= 0.6 is 0 Å². The zero-order valence-corrected chi connectivity index (χ0v) is 33.5. The Labute approximate surface area is 357 Å². The fourth-order valence-electron chi connectivity index (χ4n) is 9.04. The van der Waals surface area contributed by atoms with Crippen LogP contribution in [0.15, 0.2) is 223 Å². The first-order valence-corrected chi connectivity index (χ1v) is 20.9. The average Bonchev–Trinajstić information content (AvgIpc) is 3.91. The maximum absolute atomic E-state index is 7.18. The quantitative estimate of drug-likeness (QED) is 0.161. The molecule has 12 rings (SSSR count). The highest BCUT2D eigenvalue weighted by Crippen LogP contribution is 2.46. The van der Waals surface area contributed by atoms with Crippen LogP contribution in [0.4, 0.5) is 0 Å². The number of aromatic nitrogens is 4. The lowest BCUT2D eigenvalue weighted by Gasteiger charge is -2.12. The van der Waals surface area contributed by atoms with E-state index in [1.165, 1.54) is 0 Å². The van der Waals surface area contributed by atoms with Gasteiger partial charge in [-0.15, -0.1) is 0 Å². The van der Waals surface area contributed by atoms with E-state index in [0.717, 1.165) is 99.5 Å². The van der Waals surface area contributed by atoms with E-state index in [0.29, 0.717) is 17.5 Å². The number of furan rings is 1. The van der Waals surface area contributed by atoms with Crippen LogP contribution in [0.5, 0.6) is 0 Å². The molecule has 0 N–H and O–H groups in total. The van der Waals surface area contributed by atoms with Crippen molar-refractivity contribution in [2.24, 2.45) is 0 Å². The molecule has 0 aliphatic rings. The van der Waals surface area contributed by atoms with Gasteiger partial charge in [0.25, 0.3) is 0 Å². The first-order chi connectivity index (χ1) is 30.8. The largest absolute Gasteiger partial charge is 0.455 e. The summed E-state index contributed by atoms with van der Waals surface area (Å²) in [5, 5.41) is 4.15. The molecule has 9 aromatic carbocycles. The Morgan fingerprint density at radius 1 is 0.306 bits per heavy atom. The summed E-state index contributed by atoms with van der Waals surface area (Å²) in [6.45, 7) is 0. The summed E-state index contributed by atoms with van der Waals surface area (Å²) in [5.41, 5.74) is 14.0. The fraction of sp³-hybridized carbons (Fsp3) is 0. The van der Waals surface area contributed by atoms with Gasteiger partial charge in [-0.3, -0.25) is 0 Å². The van der Waals surface area contributed by atoms with Crippen molar-refractivity contribution in [1.29, 1.82) is 0 Å². The highest BCUT2D eigenvalue weighted by atomic mass is 16.3. The van der Waals surface area contributed by atoms with E-state index < -0.39 is 0 Å². The fourth-order valence-corrected chi connectivity index (χ4v) is 9.04. The Balaban J connectivity index is 1.18. The molecule has 0 saturated carbocycles. The Kier molecular flexibility index (Phi) is 8.42. The molecule has 290 valence electrons. The van der Waals surface area contributed by atoms with Gasteiger partial charge in [0.2, 0.25) is 0 Å². The summed E-state index contributed by atoms with van der Waals surface area (Å²) < 4.78 is 9.51. The number of nitrogens with zero attached hydrogens (tertiary/aromatic N) is 4. The van der Waals surface area contributed by atoms with Gasteiger partial charge in [-0.25, -0.2) is 15.0 Å². The summed E-state index contributed by atoms with van der Waals surface area (Å²) in [4.78, 5) is 16.1. The van der Waals surface area contributed by atoms with Crippen molar-refractivity contribution in [3.8, 4) is 73.2 Å². The van der Waals surface area contributed by atoms with Crippen molar-refractivity contribution in [2.45, 2.75) is 0 Å². The number of fused-ring (bicyclic) bond motifs is 6. The number of benzene rings is 9. The minimum atomic E-state index is 0.566. The smallest absolute Gasteiger partial charge is 0.164 e. The number of hydrogen-bond donors (Lipinski definition) is 0. The molecule has 0 atom stereocenters. The monoisotopic (exact) mass is 792 g/mol. The van der Waals surface area contributed by atoms with Crippen LogP contribution < -0.4 is 0 Å². The van der Waals surface area contributed by atoms with E-state index in [-0.39, 0.29) is 0 Å². The Morgan fingerprint density at radius 3 is 1.50 bits per heavy atom. The van der Waals surface area contributed by atoms with Crippen molar-refractivity contribution in [2.75, 3.05) is 0 Å². The third-order valence-corrected chi connectivity index (χ3v) is 11.9. The van der Waals surface area contributed by atoms with Crippen LogP contribution in [0.2, 0.25) is 0 Å². The Hall–Kier alpha value is -8.41. The second kappa shape index (κ2) is 14.7. The van der Waals surface area contributed by atoms with Crippen LogP contribution in [0.25, 0.3) is 117 Å². The standard InChI is InChI=1S/C57H36N4O/c1-6-19-37(20-7-1)41-35-47(39-23-10-3-11-24-39)53-48(36-41)52-46(34-33-43(54(52)62-53)38-21-8-2-9-22-38)57-59-55(40-25-12-4-13-26-40)58-56(60-57)45-30-18-32-50-51(45)44-29-16-17-31-49(44)61(50)42-27-14-5-15-28-42/h1-36H. The first kappa shape index (κ1) is 35.5. The molecular formula is C57H36N4O. The maximum atomic E-state index is 7.18. The van der Waals surface area contributed by atoms with Gasteiger partial charge in [-0.2, -0.15) is 0 Å². The van der Waals surface area contributed by atoms with Crippen LogP contribution in [0.1, 0.15) is 0 Å². The topological polar surface area (TPSA) is 56.7 Å². The molecule has 5 heteroatoms. The molecule has 0 bridgehead atoms. The van der Waals surface area contributed by atoms with E-state index in [2.05, 4.69) is 199 Å². The second-order valence-electron chi connectivity index (χ2n) is 15.5. The molecule has 0 fully saturated rings. The highest BCUT2D eigenvalue weighted by Gasteiger charge is 2.25. The van der Waals surface area contributed by atoms with Crippen LogP contribution in [0.3, 0.4) is 0 Å². The highest BCUT2D eigenvalue weighted by molar-refractivity contribution is 6.19. The van der Waals surface area contributed by atoms with Gasteiger partial charge in [0, 0.05) is 55.0 Å². The van der Waals surface area contributed by atoms with E-state index in [9.17, 15) is 0 Å². The van der Waals surface area contributed by atoms with E-state index in [4.69, 9.17) is 19.4 Å². The molecule has 3 heterocycles. The predicted octanol–water partition coefficient (Wildman–Crippen LogP) is 14.9. The lowest BCUT2D eigenvalue weighted by molar-refractivity contribution is 0.671. The molecular weight excluding hydrogens is 757 g/mol. The Morgan fingerprint density at radius 2 is 0.823 bits per heavy atom. The molecule has 0 aliphatic carbocycles. The predicted molar refractivity (Wildman–Crippen MR) is 254 cm³/mol. The van der Waals surface area contributed by atoms with Crippen LogP contribution in [-0.2, 0) is 0 Å². The van der Waals surface area contributed by atoms with E-state index >= 15 is 0 Å². The summed E-state index contributed by atoms with van der Waals surface area (Å²) in [5.74, 6) is 1.76. The number of rotatable bonds is 7. The van der Waals surface area contributed by atoms with Crippen molar-refractivity contribution < 1.29 is 4.42 Å². The summed E-state index contributed by atoms with van der Waals surface area (Å²) in [7, 11) is 0. The Bertz CT molecular complexity index is 3600. The third kappa shape index (κ3) is 5.90. The SMILES string of the molecule is c1ccc(-c2cc(-c3ccccc3)c3oc4c(-c5ccccc5)ccc(-c5nc(-c6ccccc6)nc(-c6cccc7c6c6ccccc6n7-c6ccccc6)n5)c4c3c2)cc1. The van der Waals surface area contributed by atoms with Gasteiger partial charge < -0.3 is 8.98 Å². The van der Waals surface area contributed by atoms with Crippen molar-refractivity contribution >= 4 is 43.7 Å². The summed E-state index contributed by atoms with van der Waals surface area (Å²) in [6, 6.07) is 76.0. The normalized spacial score (nSPS) is 11.5. The average molecular weight is 793 g/mol. The molecule has 12 aromatic rings. The van der Waals surface area contributed by atoms with Gasteiger partial charge in [0.15, 0.2) is 17.5 Å². The molecule has 3 aromatic heterocycles. The number of para-hydroxylation sites is 2.